The average molecular weight is 497 g/mol. The quantitative estimate of drug-likeness (QED) is 0.273. The zero-order valence-corrected chi connectivity index (χ0v) is 19.5. The fourth-order valence-electron chi connectivity index (χ4n) is 3.14. The molecule has 0 atom stereocenters. The highest BCUT2D eigenvalue weighted by molar-refractivity contribution is 14.0. The van der Waals surface area contributed by atoms with E-state index in [0.717, 1.165) is 42.6 Å². The van der Waals surface area contributed by atoms with Crippen molar-refractivity contribution in [2.24, 2.45) is 4.99 Å². The van der Waals surface area contributed by atoms with Crippen LogP contribution in [-0.2, 0) is 12.8 Å². The first-order chi connectivity index (χ1) is 12.6. The summed E-state index contributed by atoms with van der Waals surface area (Å²) in [4.78, 5) is 13.5. The monoisotopic (exact) mass is 497 g/mol. The van der Waals surface area contributed by atoms with E-state index in [0.29, 0.717) is 0 Å². The number of hydrogen-bond acceptors (Lipinski definition) is 3. The van der Waals surface area contributed by atoms with Crippen LogP contribution in [0, 0.1) is 20.8 Å². The molecule has 0 fully saturated rings. The molecule has 0 unspecified atom stereocenters. The van der Waals surface area contributed by atoms with Crippen molar-refractivity contribution in [3.8, 4) is 0 Å². The summed E-state index contributed by atoms with van der Waals surface area (Å²) >= 11 is 1.78. The van der Waals surface area contributed by atoms with E-state index in [1.54, 1.807) is 11.3 Å². The number of nitrogens with one attached hydrogen (secondary N) is 3. The van der Waals surface area contributed by atoms with E-state index in [4.69, 9.17) is 0 Å². The van der Waals surface area contributed by atoms with Gasteiger partial charge in [-0.3, -0.25) is 4.99 Å². The third-order valence-electron chi connectivity index (χ3n) is 4.48. The van der Waals surface area contributed by atoms with Gasteiger partial charge in [0, 0.05) is 48.5 Å². The summed E-state index contributed by atoms with van der Waals surface area (Å²) in [6, 6.07) is 6.55. The summed E-state index contributed by atoms with van der Waals surface area (Å²) in [6.45, 7) is 7.95. The van der Waals surface area contributed by atoms with E-state index in [1.807, 2.05) is 7.05 Å². The lowest BCUT2D eigenvalue weighted by Crippen LogP contribution is -2.39. The molecule has 0 aliphatic rings. The Kier molecular flexibility index (Phi) is 8.09. The topological polar surface area (TPSA) is 65.1 Å². The minimum Gasteiger partial charge on any atom is -0.361 e. The van der Waals surface area contributed by atoms with Gasteiger partial charge in [-0.2, -0.15) is 0 Å². The van der Waals surface area contributed by atoms with Crippen molar-refractivity contribution in [3.05, 3.63) is 51.1 Å². The number of aromatic nitrogens is 2. The van der Waals surface area contributed by atoms with Gasteiger partial charge in [0.15, 0.2) is 5.96 Å². The molecule has 2 aromatic heterocycles. The van der Waals surface area contributed by atoms with Crippen LogP contribution in [0.2, 0.25) is 0 Å². The first kappa shape index (κ1) is 21.7. The summed E-state index contributed by atoms with van der Waals surface area (Å²) < 4.78 is 0. The fraction of sp³-hybridized carbons (Fsp3) is 0.400. The van der Waals surface area contributed by atoms with Crippen LogP contribution in [0.15, 0.2) is 29.4 Å². The molecule has 2 heterocycles. The zero-order valence-electron chi connectivity index (χ0n) is 16.3. The lowest BCUT2D eigenvalue weighted by atomic mass is 10.1. The summed E-state index contributed by atoms with van der Waals surface area (Å²) in [6.07, 6.45) is 4.04. The standard InChI is InChI=1S/C20H27N5S.HI/c1-13-5-6-17-16(12-24-18(17)11-13)7-9-22-20(21-4)23-10-8-19-14(2)25-15(3)26-19;/h5-6,11-12,24H,7-10H2,1-4H3,(H2,21,22,23);1H. The number of aromatic amines is 1. The van der Waals surface area contributed by atoms with Crippen molar-refractivity contribution in [3.63, 3.8) is 0 Å². The first-order valence-corrected chi connectivity index (χ1v) is 9.82. The summed E-state index contributed by atoms with van der Waals surface area (Å²) in [5, 5.41) is 9.23. The van der Waals surface area contributed by atoms with Gasteiger partial charge in [0.2, 0.25) is 0 Å². The van der Waals surface area contributed by atoms with Crippen molar-refractivity contribution >= 4 is 52.2 Å². The van der Waals surface area contributed by atoms with E-state index in [2.05, 4.69) is 70.8 Å². The molecule has 0 saturated heterocycles. The number of H-pyrrole nitrogens is 1. The number of benzene rings is 1. The Labute approximate surface area is 182 Å². The molecule has 146 valence electrons. The number of hydrogen-bond donors (Lipinski definition) is 3. The molecule has 5 nitrogen and oxygen atoms in total. The van der Waals surface area contributed by atoms with Crippen molar-refractivity contribution in [1.29, 1.82) is 0 Å². The van der Waals surface area contributed by atoms with E-state index < -0.39 is 0 Å². The molecule has 3 N–H and O–H groups in total. The molecule has 0 bridgehead atoms. The molecule has 0 amide bonds. The third kappa shape index (κ3) is 5.68. The van der Waals surface area contributed by atoms with Crippen LogP contribution in [0.3, 0.4) is 0 Å². The lowest BCUT2D eigenvalue weighted by molar-refractivity contribution is 0.787. The summed E-state index contributed by atoms with van der Waals surface area (Å²) in [5.74, 6) is 0.847. The summed E-state index contributed by atoms with van der Waals surface area (Å²) in [5.41, 5.74) is 4.96. The normalized spacial score (nSPS) is 11.5. The van der Waals surface area contributed by atoms with Gasteiger partial charge in [-0.1, -0.05) is 12.1 Å². The van der Waals surface area contributed by atoms with Crippen LogP contribution in [0.1, 0.15) is 26.7 Å². The molecule has 27 heavy (non-hydrogen) atoms. The van der Waals surface area contributed by atoms with Crippen LogP contribution in [-0.4, -0.2) is 36.1 Å². The lowest BCUT2D eigenvalue weighted by Gasteiger charge is -2.11. The highest BCUT2D eigenvalue weighted by atomic mass is 127. The Bertz CT molecular complexity index is 912. The van der Waals surface area contributed by atoms with Crippen molar-refractivity contribution < 1.29 is 0 Å². The number of aliphatic imine (C=N–C) groups is 1. The molecule has 3 aromatic rings. The number of thiazole rings is 1. The van der Waals surface area contributed by atoms with E-state index in [1.165, 1.54) is 26.9 Å². The second kappa shape index (κ2) is 10.1. The van der Waals surface area contributed by atoms with Gasteiger partial charge in [-0.25, -0.2) is 4.98 Å². The Hall–Kier alpha value is -1.61. The van der Waals surface area contributed by atoms with E-state index in [-0.39, 0.29) is 24.0 Å². The van der Waals surface area contributed by atoms with Gasteiger partial charge in [-0.05, 0) is 44.4 Å². The Morgan fingerprint density at radius 2 is 1.89 bits per heavy atom. The molecule has 0 saturated carbocycles. The predicted octanol–water partition coefficient (Wildman–Crippen LogP) is 4.12. The number of halogens is 1. The Morgan fingerprint density at radius 1 is 1.15 bits per heavy atom. The molecule has 0 aliphatic heterocycles. The second-order valence-corrected chi connectivity index (χ2v) is 7.82. The predicted molar refractivity (Wildman–Crippen MR) is 127 cm³/mol. The van der Waals surface area contributed by atoms with Crippen LogP contribution >= 0.6 is 35.3 Å². The molecule has 0 radical (unpaired) electrons. The maximum Gasteiger partial charge on any atom is 0.190 e. The van der Waals surface area contributed by atoms with Gasteiger partial charge < -0.3 is 15.6 Å². The molecule has 3 rings (SSSR count). The highest BCUT2D eigenvalue weighted by Gasteiger charge is 2.06. The molecular formula is C20H28IN5S. The molecule has 1 aromatic carbocycles. The fourth-order valence-corrected chi connectivity index (χ4v) is 4.08. The average Bonchev–Trinajstić information content (AvgIpc) is 3.15. The number of rotatable bonds is 6. The zero-order chi connectivity index (χ0) is 18.5. The van der Waals surface area contributed by atoms with Crippen LogP contribution in [0.5, 0.6) is 0 Å². The first-order valence-electron chi connectivity index (χ1n) is 9.01. The largest absolute Gasteiger partial charge is 0.361 e. The Morgan fingerprint density at radius 3 is 2.56 bits per heavy atom. The maximum atomic E-state index is 4.48. The maximum absolute atomic E-state index is 4.48. The number of guanidine groups is 1. The highest BCUT2D eigenvalue weighted by Crippen LogP contribution is 2.19. The van der Waals surface area contributed by atoms with Crippen molar-refractivity contribution in [2.45, 2.75) is 33.6 Å². The minimum atomic E-state index is 0. The van der Waals surface area contributed by atoms with E-state index >= 15 is 0 Å². The number of fused-ring (bicyclic) bond motifs is 1. The third-order valence-corrected chi connectivity index (χ3v) is 5.61. The Balaban J connectivity index is 0.00000261. The molecular weight excluding hydrogens is 469 g/mol. The molecule has 0 spiro atoms. The van der Waals surface area contributed by atoms with Crippen LogP contribution in [0.4, 0.5) is 0 Å². The summed E-state index contributed by atoms with van der Waals surface area (Å²) in [7, 11) is 1.81. The SMILES string of the molecule is CN=C(NCCc1sc(C)nc1C)NCCc1c[nH]c2cc(C)ccc12.I. The number of nitrogens with zero attached hydrogens (tertiary/aromatic N) is 2. The molecule has 0 aliphatic carbocycles. The van der Waals surface area contributed by atoms with Gasteiger partial charge in [0.1, 0.15) is 0 Å². The second-order valence-electron chi connectivity index (χ2n) is 6.53. The van der Waals surface area contributed by atoms with Crippen LogP contribution in [0.25, 0.3) is 10.9 Å². The van der Waals surface area contributed by atoms with Crippen LogP contribution < -0.4 is 10.6 Å². The number of aryl methyl sites for hydroxylation is 3. The van der Waals surface area contributed by atoms with Crippen molar-refractivity contribution in [1.82, 2.24) is 20.6 Å². The van der Waals surface area contributed by atoms with Crippen molar-refractivity contribution in [2.75, 3.05) is 20.1 Å². The molecule has 7 heteroatoms. The van der Waals surface area contributed by atoms with Gasteiger partial charge >= 0.3 is 0 Å². The minimum absolute atomic E-state index is 0. The van der Waals surface area contributed by atoms with E-state index in [9.17, 15) is 0 Å². The van der Waals surface area contributed by atoms with Gasteiger partial charge in [0.05, 0.1) is 10.7 Å². The van der Waals surface area contributed by atoms with Gasteiger partial charge in [-0.15, -0.1) is 35.3 Å². The van der Waals surface area contributed by atoms with Gasteiger partial charge in [0.25, 0.3) is 0 Å². The smallest absolute Gasteiger partial charge is 0.190 e.